The topological polar surface area (TPSA) is 77.6 Å². The Morgan fingerprint density at radius 2 is 1.74 bits per heavy atom. The first-order valence-electron chi connectivity index (χ1n) is 10.0. The van der Waals surface area contributed by atoms with Crippen LogP contribution in [0.3, 0.4) is 0 Å². The zero-order chi connectivity index (χ0) is 21.8. The van der Waals surface area contributed by atoms with Gasteiger partial charge in [-0.2, -0.15) is 0 Å². The molecule has 31 heavy (non-hydrogen) atoms. The minimum atomic E-state index is -0.0957. The first kappa shape index (κ1) is 20.9. The lowest BCUT2D eigenvalue weighted by Crippen LogP contribution is -2.28. The molecule has 0 aliphatic carbocycles. The third-order valence-electron chi connectivity index (χ3n) is 4.99. The Morgan fingerprint density at radius 1 is 1.03 bits per heavy atom. The van der Waals surface area contributed by atoms with Crippen LogP contribution in [0.5, 0.6) is 0 Å². The van der Waals surface area contributed by atoms with Crippen LogP contribution in [0.4, 0.5) is 0 Å². The summed E-state index contributed by atoms with van der Waals surface area (Å²) in [5.41, 5.74) is 4.25. The molecule has 2 aromatic heterocycles. The molecule has 0 spiro atoms. The van der Waals surface area contributed by atoms with Crippen LogP contribution in [0.25, 0.3) is 11.4 Å². The van der Waals surface area contributed by atoms with Gasteiger partial charge in [-0.15, -0.1) is 10.2 Å². The molecule has 0 saturated carbocycles. The van der Waals surface area contributed by atoms with Crippen molar-refractivity contribution in [3.8, 4) is 11.4 Å². The second kappa shape index (κ2) is 9.18. The molecule has 4 aromatic rings. The standard InChI is InChI=1S/C23H24N6OS/c1-16-4-8-21(9-5-16)29-18(3)26-27-23(29)31-14-22(30)25-17(2)19-6-10-20(11-7-19)28-13-12-24-15-28/h4-13,15,17H,14H2,1-3H3,(H,25,30). The van der Waals surface area contributed by atoms with Crippen LogP contribution in [0.1, 0.15) is 29.9 Å². The van der Waals surface area contributed by atoms with E-state index in [4.69, 9.17) is 0 Å². The van der Waals surface area contributed by atoms with Crippen molar-refractivity contribution in [1.82, 2.24) is 29.6 Å². The fourth-order valence-corrected chi connectivity index (χ4v) is 4.08. The molecule has 1 N–H and O–H groups in total. The monoisotopic (exact) mass is 432 g/mol. The fourth-order valence-electron chi connectivity index (χ4n) is 3.27. The Morgan fingerprint density at radius 3 is 2.42 bits per heavy atom. The average Bonchev–Trinajstić information content (AvgIpc) is 3.43. The number of imidazole rings is 1. The number of nitrogens with zero attached hydrogens (tertiary/aromatic N) is 5. The van der Waals surface area contributed by atoms with Gasteiger partial charge in [0, 0.05) is 23.8 Å². The van der Waals surface area contributed by atoms with Gasteiger partial charge in [-0.3, -0.25) is 9.36 Å². The molecule has 0 saturated heterocycles. The van der Waals surface area contributed by atoms with E-state index in [2.05, 4.69) is 39.6 Å². The van der Waals surface area contributed by atoms with Gasteiger partial charge >= 0.3 is 0 Å². The molecule has 1 unspecified atom stereocenters. The molecule has 8 heteroatoms. The number of nitrogens with one attached hydrogen (secondary N) is 1. The van der Waals surface area contributed by atoms with Gasteiger partial charge in [-0.05, 0) is 50.6 Å². The number of rotatable bonds is 7. The molecule has 0 bridgehead atoms. The second-order valence-electron chi connectivity index (χ2n) is 7.34. The maximum atomic E-state index is 12.6. The van der Waals surface area contributed by atoms with E-state index < -0.39 is 0 Å². The fraction of sp³-hybridized carbons (Fsp3) is 0.217. The van der Waals surface area contributed by atoms with Gasteiger partial charge in [0.05, 0.1) is 18.1 Å². The number of carbonyl (C=O) groups excluding carboxylic acids is 1. The third kappa shape index (κ3) is 4.86. The number of carbonyl (C=O) groups is 1. The van der Waals surface area contributed by atoms with E-state index in [1.165, 1.54) is 17.3 Å². The van der Waals surface area contributed by atoms with Gasteiger partial charge in [0.2, 0.25) is 5.91 Å². The van der Waals surface area contributed by atoms with E-state index in [9.17, 15) is 4.79 Å². The molecule has 0 aliphatic rings. The van der Waals surface area contributed by atoms with Crippen molar-refractivity contribution in [2.24, 2.45) is 0 Å². The van der Waals surface area contributed by atoms with Crippen LogP contribution >= 0.6 is 11.8 Å². The van der Waals surface area contributed by atoms with Crippen molar-refractivity contribution < 1.29 is 4.79 Å². The third-order valence-corrected chi connectivity index (χ3v) is 5.92. The molecule has 1 amide bonds. The van der Waals surface area contributed by atoms with Crippen LogP contribution in [0.15, 0.2) is 72.4 Å². The molecular weight excluding hydrogens is 408 g/mol. The van der Waals surface area contributed by atoms with Crippen molar-refractivity contribution in [2.75, 3.05) is 5.75 Å². The molecule has 2 heterocycles. The first-order chi connectivity index (χ1) is 15.0. The van der Waals surface area contributed by atoms with Crippen LogP contribution in [0.2, 0.25) is 0 Å². The number of hydrogen-bond donors (Lipinski definition) is 1. The second-order valence-corrected chi connectivity index (χ2v) is 8.28. The van der Waals surface area contributed by atoms with Crippen LogP contribution in [-0.4, -0.2) is 36.0 Å². The lowest BCUT2D eigenvalue weighted by molar-refractivity contribution is -0.119. The van der Waals surface area contributed by atoms with E-state index in [0.29, 0.717) is 5.16 Å². The van der Waals surface area contributed by atoms with E-state index in [-0.39, 0.29) is 17.7 Å². The van der Waals surface area contributed by atoms with E-state index in [1.807, 2.05) is 65.6 Å². The Labute approximate surface area is 185 Å². The summed E-state index contributed by atoms with van der Waals surface area (Å²) >= 11 is 1.38. The van der Waals surface area contributed by atoms with Crippen LogP contribution in [0, 0.1) is 13.8 Å². The normalized spacial score (nSPS) is 12.0. The molecular formula is C23H24N6OS. The number of aryl methyl sites for hydroxylation is 2. The van der Waals surface area contributed by atoms with E-state index in [1.54, 1.807) is 12.5 Å². The summed E-state index contributed by atoms with van der Waals surface area (Å²) in [5, 5.41) is 12.2. The lowest BCUT2D eigenvalue weighted by Gasteiger charge is -2.15. The summed E-state index contributed by atoms with van der Waals surface area (Å²) in [4.78, 5) is 16.6. The molecule has 7 nitrogen and oxygen atoms in total. The smallest absolute Gasteiger partial charge is 0.230 e. The van der Waals surface area contributed by atoms with Gasteiger partial charge in [0.15, 0.2) is 5.16 Å². The number of benzene rings is 2. The van der Waals surface area contributed by atoms with E-state index >= 15 is 0 Å². The maximum Gasteiger partial charge on any atom is 0.230 e. The number of hydrogen-bond acceptors (Lipinski definition) is 5. The van der Waals surface area contributed by atoms with Crippen molar-refractivity contribution in [3.63, 3.8) is 0 Å². The maximum absolute atomic E-state index is 12.6. The average molecular weight is 433 g/mol. The van der Waals surface area contributed by atoms with Gasteiger partial charge in [0.1, 0.15) is 5.82 Å². The summed E-state index contributed by atoms with van der Waals surface area (Å²) in [7, 11) is 0. The summed E-state index contributed by atoms with van der Waals surface area (Å²) in [5.74, 6) is 1.01. The van der Waals surface area contributed by atoms with E-state index in [0.717, 1.165) is 22.8 Å². The first-order valence-corrected chi connectivity index (χ1v) is 11.0. The summed E-state index contributed by atoms with van der Waals surface area (Å²) in [6, 6.07) is 16.1. The minimum Gasteiger partial charge on any atom is -0.349 e. The number of aromatic nitrogens is 5. The predicted molar refractivity (Wildman–Crippen MR) is 122 cm³/mol. The highest BCUT2D eigenvalue weighted by molar-refractivity contribution is 7.99. The van der Waals surface area contributed by atoms with Gasteiger partial charge in [-0.25, -0.2) is 4.98 Å². The van der Waals surface area contributed by atoms with Crippen LogP contribution in [-0.2, 0) is 4.79 Å². The SMILES string of the molecule is Cc1ccc(-n2c(C)nnc2SCC(=O)NC(C)c2ccc(-n3ccnc3)cc2)cc1. The van der Waals surface area contributed by atoms with Crippen molar-refractivity contribution in [2.45, 2.75) is 32.0 Å². The highest BCUT2D eigenvalue weighted by Crippen LogP contribution is 2.22. The summed E-state index contributed by atoms with van der Waals surface area (Å²) in [6.45, 7) is 5.94. The van der Waals surface area contributed by atoms with Crippen molar-refractivity contribution in [1.29, 1.82) is 0 Å². The Balaban J connectivity index is 1.37. The Hall–Kier alpha value is -3.39. The molecule has 0 fully saturated rings. The minimum absolute atomic E-state index is 0.0488. The van der Waals surface area contributed by atoms with Crippen LogP contribution < -0.4 is 5.32 Å². The van der Waals surface area contributed by atoms with Crippen molar-refractivity contribution >= 4 is 17.7 Å². The predicted octanol–water partition coefficient (Wildman–Crippen LogP) is 4.04. The Bertz CT molecular complexity index is 1150. The van der Waals surface area contributed by atoms with Gasteiger partial charge in [0.25, 0.3) is 0 Å². The molecule has 4 rings (SSSR count). The summed E-state index contributed by atoms with van der Waals surface area (Å²) < 4.78 is 3.91. The highest BCUT2D eigenvalue weighted by atomic mass is 32.2. The molecule has 0 aliphatic heterocycles. The number of amides is 1. The lowest BCUT2D eigenvalue weighted by atomic mass is 10.1. The molecule has 0 radical (unpaired) electrons. The molecule has 1 atom stereocenters. The number of thioether (sulfide) groups is 1. The summed E-state index contributed by atoms with van der Waals surface area (Å²) in [6.07, 6.45) is 5.40. The zero-order valence-electron chi connectivity index (χ0n) is 17.7. The molecule has 158 valence electrons. The molecule has 2 aromatic carbocycles. The highest BCUT2D eigenvalue weighted by Gasteiger charge is 2.15. The van der Waals surface area contributed by atoms with Gasteiger partial charge < -0.3 is 9.88 Å². The zero-order valence-corrected chi connectivity index (χ0v) is 18.5. The van der Waals surface area contributed by atoms with Gasteiger partial charge in [-0.1, -0.05) is 41.6 Å². The Kier molecular flexibility index (Phi) is 6.18. The quantitative estimate of drug-likeness (QED) is 0.446. The van der Waals surface area contributed by atoms with Crippen molar-refractivity contribution in [3.05, 3.63) is 84.2 Å². The largest absolute Gasteiger partial charge is 0.349 e.